The third kappa shape index (κ3) is 9.40. The van der Waals surface area contributed by atoms with Crippen LogP contribution in [0.25, 0.3) is 0 Å². The molecular weight excluding hydrogens is 602 g/mol. The van der Waals surface area contributed by atoms with Gasteiger partial charge >= 0.3 is 5.97 Å². The predicted molar refractivity (Wildman–Crippen MR) is 176 cm³/mol. The van der Waals surface area contributed by atoms with Gasteiger partial charge in [0.05, 0.1) is 18.3 Å². The van der Waals surface area contributed by atoms with E-state index in [-0.39, 0.29) is 30.1 Å². The van der Waals surface area contributed by atoms with E-state index in [1.54, 1.807) is 13.8 Å². The number of cyclic esters (lactones) is 1. The van der Waals surface area contributed by atoms with Crippen molar-refractivity contribution in [3.63, 3.8) is 0 Å². The molecule has 0 unspecified atom stereocenters. The molecule has 3 aliphatic heterocycles. The van der Waals surface area contributed by atoms with Crippen molar-refractivity contribution in [3.05, 3.63) is 24.3 Å². The van der Waals surface area contributed by atoms with Crippen molar-refractivity contribution in [1.29, 1.82) is 0 Å². The van der Waals surface area contributed by atoms with Crippen molar-refractivity contribution in [2.45, 2.75) is 147 Å². The summed E-state index contributed by atoms with van der Waals surface area (Å²) in [6.45, 7) is 7.72. The van der Waals surface area contributed by atoms with Crippen LogP contribution >= 0.6 is 0 Å². The summed E-state index contributed by atoms with van der Waals surface area (Å²) in [6, 6.07) is -0.961. The summed E-state index contributed by atoms with van der Waals surface area (Å²) in [7, 11) is 0. The minimum Gasteiger partial charge on any atom is -0.461 e. The number of rotatable bonds is 3. The minimum absolute atomic E-state index is 0.0302. The molecule has 1 amide bonds. The molecule has 0 aromatic heterocycles. The molecule has 0 radical (unpaired) electrons. The average molecular weight is 660 g/mol. The molecule has 1 aliphatic carbocycles. The molecule has 0 aromatic carbocycles. The maximum atomic E-state index is 13.9. The molecule has 3 N–H and O–H groups in total. The second-order valence-corrected chi connectivity index (χ2v) is 14.8. The number of amides is 1. The number of aliphatic hydroxyl groups is 3. The van der Waals surface area contributed by atoms with E-state index in [1.807, 2.05) is 13.0 Å². The number of carbonyl (C=O) groups excluding carboxylic acids is 4. The number of piperidine rings is 1. The number of ketones is 2. The van der Waals surface area contributed by atoms with Gasteiger partial charge in [0.1, 0.15) is 12.1 Å². The van der Waals surface area contributed by atoms with Crippen molar-refractivity contribution in [1.82, 2.24) is 4.90 Å². The molecule has 11 atom stereocenters. The number of esters is 1. The monoisotopic (exact) mass is 659 g/mol. The van der Waals surface area contributed by atoms with Crippen LogP contribution in [-0.4, -0.2) is 86.5 Å². The van der Waals surface area contributed by atoms with Gasteiger partial charge in [-0.25, -0.2) is 4.79 Å². The smallest absolute Gasteiger partial charge is 0.329 e. The van der Waals surface area contributed by atoms with Crippen LogP contribution in [0.1, 0.15) is 111 Å². The number of ether oxygens (including phenoxy) is 2. The largest absolute Gasteiger partial charge is 0.461 e. The van der Waals surface area contributed by atoms with Gasteiger partial charge in [0.15, 0.2) is 5.78 Å². The Morgan fingerprint density at radius 1 is 0.915 bits per heavy atom. The quantitative estimate of drug-likeness (QED) is 0.227. The van der Waals surface area contributed by atoms with Crippen LogP contribution in [0, 0.1) is 29.6 Å². The summed E-state index contributed by atoms with van der Waals surface area (Å²) in [5, 5.41) is 31.9. The number of nitrogens with zero attached hydrogens (tertiary/aromatic N) is 1. The lowest BCUT2D eigenvalue weighted by molar-refractivity contribution is -0.268. The molecule has 2 saturated heterocycles. The normalized spacial score (nSPS) is 40.8. The zero-order valence-corrected chi connectivity index (χ0v) is 28.7. The number of allylic oxidation sites excluding steroid dienone is 4. The predicted octanol–water partition coefficient (Wildman–Crippen LogP) is 4.43. The molecule has 47 heavy (non-hydrogen) atoms. The first-order chi connectivity index (χ1) is 22.3. The van der Waals surface area contributed by atoms with Crippen LogP contribution in [0.5, 0.6) is 0 Å². The van der Waals surface area contributed by atoms with Gasteiger partial charge in [0, 0.05) is 18.4 Å². The van der Waals surface area contributed by atoms with Crippen LogP contribution in [0.4, 0.5) is 0 Å². The van der Waals surface area contributed by atoms with Crippen LogP contribution in [0.2, 0.25) is 0 Å². The average Bonchev–Trinajstić information content (AvgIpc) is 3.05. The molecule has 10 nitrogen and oxygen atoms in total. The van der Waals surface area contributed by atoms with E-state index in [0.29, 0.717) is 57.8 Å². The third-order valence-electron chi connectivity index (χ3n) is 11.1. The van der Waals surface area contributed by atoms with Crippen molar-refractivity contribution >= 4 is 23.4 Å². The molecule has 0 spiro atoms. The molecular formula is C37H57NO9. The number of aliphatic hydroxyl groups excluding tert-OH is 2. The van der Waals surface area contributed by atoms with Crippen LogP contribution in [0.15, 0.2) is 24.3 Å². The van der Waals surface area contributed by atoms with Crippen LogP contribution < -0.4 is 0 Å². The number of Topliss-reactive ketones (excluding diaryl/α,β-unsaturated/α-hetero) is 1. The lowest BCUT2D eigenvalue weighted by atomic mass is 9.78. The molecule has 3 fully saturated rings. The second-order valence-electron chi connectivity index (χ2n) is 14.8. The van der Waals surface area contributed by atoms with Gasteiger partial charge in [-0.2, -0.15) is 0 Å². The van der Waals surface area contributed by atoms with Crippen molar-refractivity contribution < 1.29 is 44.0 Å². The molecule has 0 aromatic rings. The van der Waals surface area contributed by atoms with Gasteiger partial charge in [0.2, 0.25) is 5.79 Å². The molecule has 264 valence electrons. The lowest BCUT2D eigenvalue weighted by Crippen LogP contribution is -2.61. The first-order valence-corrected chi connectivity index (χ1v) is 18.0. The zero-order chi connectivity index (χ0) is 34.3. The van der Waals surface area contributed by atoms with E-state index < -0.39 is 65.7 Å². The van der Waals surface area contributed by atoms with Crippen molar-refractivity contribution in [2.75, 3.05) is 6.54 Å². The van der Waals surface area contributed by atoms with Gasteiger partial charge in [-0.05, 0) is 107 Å². The highest BCUT2D eigenvalue weighted by atomic mass is 16.6. The van der Waals surface area contributed by atoms with Crippen molar-refractivity contribution in [3.8, 4) is 0 Å². The number of hydrogen-bond acceptors (Lipinski definition) is 9. The standard InChI is InChI=1S/C37H57NO9/c1-23-11-7-5-6-8-13-29(39)26(4)33-19-15-25(3)37(45,47-33)34(42)35(43)38-20-10-9-12-28(38)36(44)46-32(18-14-23)24(2)21-27-16-17-30(40)31(41)22-27/h7-8,11,13,23-28,30-33,40-41,45H,5-6,9-10,12,14-22H2,1-4H3/b11-7-,13-8+/t23-,24-,25-,26+,27+,28+,30-,31-,32+,33+,37-/m1/s1. The third-order valence-corrected chi connectivity index (χ3v) is 11.1. The first-order valence-electron chi connectivity index (χ1n) is 18.0. The maximum Gasteiger partial charge on any atom is 0.329 e. The Kier molecular flexibility index (Phi) is 13.4. The van der Waals surface area contributed by atoms with E-state index in [4.69, 9.17) is 9.47 Å². The highest BCUT2D eigenvalue weighted by Gasteiger charge is 2.53. The van der Waals surface area contributed by atoms with E-state index >= 15 is 0 Å². The van der Waals surface area contributed by atoms with Gasteiger partial charge in [0.25, 0.3) is 11.7 Å². The Balaban J connectivity index is 1.59. The van der Waals surface area contributed by atoms with E-state index in [2.05, 4.69) is 19.1 Å². The Hall–Kier alpha value is -2.40. The van der Waals surface area contributed by atoms with E-state index in [9.17, 15) is 34.5 Å². The Bertz CT molecular complexity index is 1170. The topological polar surface area (TPSA) is 151 Å². The summed E-state index contributed by atoms with van der Waals surface area (Å²) in [5.74, 6) is -6.10. The minimum atomic E-state index is -2.40. The molecule has 4 aliphatic rings. The summed E-state index contributed by atoms with van der Waals surface area (Å²) in [4.78, 5) is 55.7. The van der Waals surface area contributed by atoms with E-state index in [0.717, 1.165) is 25.7 Å². The molecule has 3 heterocycles. The Labute approximate surface area is 279 Å². The first kappa shape index (κ1) is 37.4. The van der Waals surface area contributed by atoms with Crippen LogP contribution in [-0.2, 0) is 28.7 Å². The molecule has 2 bridgehead atoms. The number of fused-ring (bicyclic) bond motifs is 3. The fraction of sp³-hybridized carbons (Fsp3) is 0.784. The Morgan fingerprint density at radius 3 is 2.40 bits per heavy atom. The van der Waals surface area contributed by atoms with Gasteiger partial charge in [-0.3, -0.25) is 14.4 Å². The number of carbonyl (C=O) groups is 4. The zero-order valence-electron chi connectivity index (χ0n) is 28.7. The maximum absolute atomic E-state index is 13.9. The molecule has 1 saturated carbocycles. The number of hydrogen-bond donors (Lipinski definition) is 3. The fourth-order valence-corrected chi connectivity index (χ4v) is 7.72. The molecule has 10 heteroatoms. The SMILES string of the molecule is C[C@@H]1/C=C\CC/C=C/C(=O)[C@H](C)[C@@H]2CC[C@@H](C)[C@@](O)(O2)C(=O)C(=O)N2CCCC[C@H]2C(=O)O[C@H]([C@H](C)C[C@@H]2CC[C@@H](O)[C@H](O)C2)CC1. The van der Waals surface area contributed by atoms with Crippen LogP contribution in [0.3, 0.4) is 0 Å². The summed E-state index contributed by atoms with van der Waals surface area (Å²) in [5.41, 5.74) is 0. The van der Waals surface area contributed by atoms with E-state index in [1.165, 1.54) is 11.0 Å². The highest BCUT2D eigenvalue weighted by Crippen LogP contribution is 2.37. The summed E-state index contributed by atoms with van der Waals surface area (Å²) >= 11 is 0. The molecule has 4 rings (SSSR count). The lowest BCUT2D eigenvalue weighted by Gasteiger charge is -2.43. The highest BCUT2D eigenvalue weighted by molar-refractivity contribution is 6.39. The van der Waals surface area contributed by atoms with Gasteiger partial charge in [-0.15, -0.1) is 0 Å². The van der Waals surface area contributed by atoms with Gasteiger partial charge in [-0.1, -0.05) is 45.9 Å². The Morgan fingerprint density at radius 2 is 1.66 bits per heavy atom. The fourth-order valence-electron chi connectivity index (χ4n) is 7.72. The van der Waals surface area contributed by atoms with Crippen molar-refractivity contribution in [2.24, 2.45) is 29.6 Å². The van der Waals surface area contributed by atoms with Gasteiger partial charge < -0.3 is 29.7 Å². The summed E-state index contributed by atoms with van der Waals surface area (Å²) in [6.07, 6.45) is 12.9. The summed E-state index contributed by atoms with van der Waals surface area (Å²) < 4.78 is 12.2. The second kappa shape index (κ2) is 16.8.